The fourth-order valence-corrected chi connectivity index (χ4v) is 17.0. The summed E-state index contributed by atoms with van der Waals surface area (Å²) in [5.74, 6) is -7.14. The van der Waals surface area contributed by atoms with Gasteiger partial charge in [0.15, 0.2) is 25.8 Å². The fourth-order valence-electron chi connectivity index (χ4n) is 14.9. The summed E-state index contributed by atoms with van der Waals surface area (Å²) in [6, 6.07) is 6.64. The van der Waals surface area contributed by atoms with Crippen LogP contribution in [0.15, 0.2) is 58.3 Å². The standard InChI is InChI=1S/C38H58N4O9S.C36H54N4O8S/c1-24-18-20-26(21-19-24)52(48,49)23-39-34(45)32(50-25(2)43)28-16-14-12-10-8-9-11-13-15-17-29(41-36(47)51-37(3,4)5)35(46)42-22-27-30(38(27,6)7)31(42)33(44)40-28;1-23-17-19-24(20-18-23)49(46,47)22-37-32(43)30(41)26-15-13-11-9-7-8-10-12-14-16-27(39-34(45)48-35(2,3)4)33(44)40-21-25-28(36(25,5)6)29(40)31(42)38-26/h18-21,27-32H,8-17,22-23H2,1-7H3,(H,39,45)(H,40,44)(H,41,47);17-20,25-29H,7-16,21-22H2,1-6H3,(H,37,43)(H,38,42)(H,39,45)/t27?,28-,29-,30-,31-,32?;25?,26-,27-,28-,29-/m00/s1. The van der Waals surface area contributed by atoms with E-state index < -0.39 is 133 Å². The van der Waals surface area contributed by atoms with E-state index in [1.807, 2.05) is 27.7 Å². The van der Waals surface area contributed by atoms with Crippen LogP contribution in [0.5, 0.6) is 0 Å². The van der Waals surface area contributed by atoms with E-state index in [-0.39, 0.29) is 68.9 Å². The number of hydrogen-bond acceptors (Lipinski definition) is 17. The molecule has 27 heteroatoms. The van der Waals surface area contributed by atoms with Gasteiger partial charge >= 0.3 is 18.2 Å². The molecule has 6 N–H and O–H groups in total. The van der Waals surface area contributed by atoms with Crippen LogP contribution in [-0.4, -0.2) is 164 Å². The van der Waals surface area contributed by atoms with Crippen LogP contribution >= 0.6 is 0 Å². The minimum atomic E-state index is -3.92. The number of carbonyl (C=O) groups excluding carboxylic acids is 10. The van der Waals surface area contributed by atoms with Crippen molar-refractivity contribution in [1.82, 2.24) is 41.7 Å². The Morgan fingerprint density at radius 3 is 1.27 bits per heavy atom. The third kappa shape index (κ3) is 22.4. The molecule has 101 heavy (non-hydrogen) atoms. The number of nitrogens with zero attached hydrogens (tertiary/aromatic N) is 2. The second kappa shape index (κ2) is 34.4. The molecule has 6 fully saturated rings. The summed E-state index contributed by atoms with van der Waals surface area (Å²) in [4.78, 5) is 138. The third-order valence-corrected chi connectivity index (χ3v) is 23.7. The number of fused-ring (bicyclic) bond motifs is 6. The number of hydrogen-bond donors (Lipinski definition) is 6. The van der Waals surface area contributed by atoms with E-state index in [9.17, 15) is 64.8 Å². The first-order valence-corrected chi connectivity index (χ1v) is 39.6. The second-order valence-corrected chi connectivity index (χ2v) is 35.7. The Kier molecular flexibility index (Phi) is 27.6. The van der Waals surface area contributed by atoms with Gasteiger partial charge in [0, 0.05) is 20.0 Å². The zero-order chi connectivity index (χ0) is 74.6. The number of benzene rings is 2. The van der Waals surface area contributed by atoms with Crippen LogP contribution in [0, 0.1) is 48.3 Å². The molecule has 8 rings (SSSR count). The molecule has 2 saturated carbocycles. The number of rotatable bonds is 13. The largest absolute Gasteiger partial charge is 0.450 e. The van der Waals surface area contributed by atoms with Gasteiger partial charge in [0.25, 0.3) is 11.8 Å². The number of sulfone groups is 2. The molecule has 4 saturated heterocycles. The average Bonchev–Trinajstić information content (AvgIpc) is 1.53. The molecular weight excluding hydrogens is 1340 g/mol. The molecule has 0 bridgehead atoms. The molecule has 2 aromatic carbocycles. The lowest BCUT2D eigenvalue weighted by molar-refractivity contribution is -0.157. The Bertz CT molecular complexity index is 3530. The number of aryl methyl sites for hydroxylation is 2. The van der Waals surface area contributed by atoms with E-state index in [1.165, 1.54) is 29.2 Å². The predicted molar refractivity (Wildman–Crippen MR) is 378 cm³/mol. The number of ketones is 1. The highest BCUT2D eigenvalue weighted by atomic mass is 32.2. The molecule has 4 heterocycles. The predicted octanol–water partition coefficient (Wildman–Crippen LogP) is 8.74. The lowest BCUT2D eigenvalue weighted by Crippen LogP contribution is -2.59. The van der Waals surface area contributed by atoms with Gasteiger partial charge in [-0.15, -0.1) is 0 Å². The highest BCUT2D eigenvalue weighted by Gasteiger charge is 2.71. The van der Waals surface area contributed by atoms with E-state index in [0.29, 0.717) is 38.8 Å². The van der Waals surface area contributed by atoms with Gasteiger partial charge in [-0.05, 0) is 140 Å². The van der Waals surface area contributed by atoms with Crippen molar-refractivity contribution in [3.8, 4) is 0 Å². The van der Waals surface area contributed by atoms with Crippen molar-refractivity contribution < 1.29 is 79.0 Å². The summed E-state index contributed by atoms with van der Waals surface area (Å²) in [5, 5.41) is 16.0. The van der Waals surface area contributed by atoms with Gasteiger partial charge in [0.2, 0.25) is 29.4 Å². The lowest BCUT2D eigenvalue weighted by atomic mass is 9.97. The molecule has 0 spiro atoms. The average molecular weight is 1450 g/mol. The van der Waals surface area contributed by atoms with Crippen LogP contribution in [0.25, 0.3) is 0 Å². The van der Waals surface area contributed by atoms with Crippen LogP contribution in [0.1, 0.15) is 216 Å². The Morgan fingerprint density at radius 2 is 0.881 bits per heavy atom. The summed E-state index contributed by atoms with van der Waals surface area (Å²) < 4.78 is 68.3. The molecule has 2 aliphatic carbocycles. The molecule has 0 aromatic heterocycles. The smallest absolute Gasteiger partial charge is 0.408 e. The first-order valence-electron chi connectivity index (χ1n) is 36.3. The molecule has 25 nitrogen and oxygen atoms in total. The number of amides is 8. The maximum atomic E-state index is 14.4. The van der Waals surface area contributed by atoms with Gasteiger partial charge in [0.05, 0.1) is 21.9 Å². The SMILES string of the molecule is CC(=O)OC(C(=O)NCS(=O)(=O)c1ccc(C)cc1)[C@@H]1CCCCCCCCCC[C@H](NC(=O)OC(C)(C)C)C(=O)N2CC3[C@@H]([C@H]2C(=O)N1)C3(C)C.Cc1ccc(S(=O)(=O)CNC(=O)C(=O)[C@@H]2CCCCCCCCCC[C@H](NC(=O)OC(C)(C)C)C(=O)N3CC4[C@@H]([C@H]3C(=O)N2)C4(C)C)cc1. The van der Waals surface area contributed by atoms with Crippen LogP contribution in [0.2, 0.25) is 0 Å². The molecule has 8 amide bonds. The number of piperidine rings is 2. The minimum absolute atomic E-state index is 0.0201. The van der Waals surface area contributed by atoms with E-state index >= 15 is 0 Å². The number of carbonyl (C=O) groups is 10. The summed E-state index contributed by atoms with van der Waals surface area (Å²) >= 11 is 0. The molecule has 4 aliphatic heterocycles. The topological polar surface area (TPSA) is 345 Å². The molecule has 562 valence electrons. The summed E-state index contributed by atoms with van der Waals surface area (Å²) in [6.07, 6.45) is 12.1. The monoisotopic (exact) mass is 1450 g/mol. The normalized spacial score (nSPS) is 26.6. The highest BCUT2D eigenvalue weighted by Crippen LogP contribution is 2.66. The molecule has 2 aromatic rings. The Labute approximate surface area is 597 Å². The van der Waals surface area contributed by atoms with Crippen molar-refractivity contribution in [2.24, 2.45) is 34.5 Å². The minimum Gasteiger partial charge on any atom is -0.450 e. The molecule has 3 unspecified atom stereocenters. The number of nitrogens with one attached hydrogen (secondary N) is 6. The zero-order valence-electron chi connectivity index (χ0n) is 61.6. The lowest BCUT2D eigenvalue weighted by Gasteiger charge is -2.35. The number of Topliss-reactive ketones (excluding diaryl/α,β-unsaturated/α-hetero) is 1. The summed E-state index contributed by atoms with van der Waals surface area (Å²) in [5.41, 5.74) is -0.212. The van der Waals surface area contributed by atoms with Crippen molar-refractivity contribution in [3.05, 3.63) is 59.7 Å². The van der Waals surface area contributed by atoms with Crippen LogP contribution in [0.4, 0.5) is 9.59 Å². The number of esters is 1. The Morgan fingerprint density at radius 1 is 0.525 bits per heavy atom. The van der Waals surface area contributed by atoms with Crippen LogP contribution in [-0.2, 0) is 72.2 Å². The molecule has 11 atom stereocenters. The quantitative estimate of drug-likeness (QED) is 0.0620. The van der Waals surface area contributed by atoms with E-state index in [4.69, 9.17) is 14.2 Å². The Balaban J connectivity index is 0.000000284. The first kappa shape index (κ1) is 81.1. The second-order valence-electron chi connectivity index (χ2n) is 31.7. The molecule has 6 aliphatic rings. The van der Waals surface area contributed by atoms with E-state index in [1.54, 1.807) is 70.7 Å². The van der Waals surface area contributed by atoms with Crippen molar-refractivity contribution >= 4 is 79.1 Å². The molecule has 0 radical (unpaired) electrons. The van der Waals surface area contributed by atoms with E-state index in [0.717, 1.165) is 108 Å². The first-order chi connectivity index (χ1) is 47.2. The highest BCUT2D eigenvalue weighted by molar-refractivity contribution is 7.91. The van der Waals surface area contributed by atoms with Gasteiger partial charge in [-0.25, -0.2) is 26.4 Å². The van der Waals surface area contributed by atoms with Crippen molar-refractivity contribution in [2.75, 3.05) is 24.8 Å². The third-order valence-electron chi connectivity index (χ3n) is 20.7. The van der Waals surface area contributed by atoms with Gasteiger partial charge in [-0.3, -0.25) is 38.4 Å². The maximum Gasteiger partial charge on any atom is 0.408 e. The molecular formula is C74H112N8O17S2. The van der Waals surface area contributed by atoms with Crippen molar-refractivity contribution in [3.63, 3.8) is 0 Å². The van der Waals surface area contributed by atoms with Gasteiger partial charge < -0.3 is 55.9 Å². The van der Waals surface area contributed by atoms with E-state index in [2.05, 4.69) is 45.7 Å². The summed E-state index contributed by atoms with van der Waals surface area (Å²) in [7, 11) is -7.83. The zero-order valence-corrected chi connectivity index (χ0v) is 63.2. The van der Waals surface area contributed by atoms with Crippen LogP contribution < -0.4 is 31.9 Å². The fraction of sp³-hybridized carbons (Fsp3) is 0.703. The van der Waals surface area contributed by atoms with Gasteiger partial charge in [-0.2, -0.15) is 0 Å². The van der Waals surface area contributed by atoms with Gasteiger partial charge in [0.1, 0.15) is 47.1 Å². The maximum absolute atomic E-state index is 14.4. The van der Waals surface area contributed by atoms with Crippen LogP contribution in [0.3, 0.4) is 0 Å². The summed E-state index contributed by atoms with van der Waals surface area (Å²) in [6.45, 7) is 24.1. The Hall–Kier alpha value is -7.16. The van der Waals surface area contributed by atoms with Crippen molar-refractivity contribution in [1.29, 1.82) is 0 Å². The van der Waals surface area contributed by atoms with Crippen molar-refractivity contribution in [2.45, 2.75) is 282 Å². The number of ether oxygens (including phenoxy) is 3. The number of alkyl carbamates (subject to hydrolysis) is 2. The van der Waals surface area contributed by atoms with Gasteiger partial charge in [-0.1, -0.05) is 166 Å².